The lowest BCUT2D eigenvalue weighted by Gasteiger charge is -2.25. The highest BCUT2D eigenvalue weighted by Gasteiger charge is 2.31. The van der Waals surface area contributed by atoms with Gasteiger partial charge in [0.05, 0.1) is 6.61 Å². The molecule has 14 heteroatoms. The van der Waals surface area contributed by atoms with Crippen LogP contribution in [-0.2, 0) is 36.8 Å². The fraction of sp³-hybridized carbons (Fsp3) is 0.346. The lowest BCUT2D eigenvalue weighted by Crippen LogP contribution is -2.58. The van der Waals surface area contributed by atoms with Crippen LogP contribution in [0.5, 0.6) is 11.5 Å². The molecule has 4 unspecified atom stereocenters. The van der Waals surface area contributed by atoms with Crippen LogP contribution < -0.4 is 27.4 Å². The first-order valence-electron chi connectivity index (χ1n) is 12.2. The number of carboxylic acid groups (broad SMARTS) is 1. The topological polar surface area (TPSA) is 254 Å². The first kappa shape index (κ1) is 31.5. The molecule has 11 N–H and O–H groups in total. The number of carbonyl (C=O) groups excluding carboxylic acids is 4. The number of carboxylic acids is 1. The highest BCUT2D eigenvalue weighted by atomic mass is 16.4. The van der Waals surface area contributed by atoms with E-state index < -0.39 is 60.4 Å². The molecule has 40 heavy (non-hydrogen) atoms. The third kappa shape index (κ3) is 10.2. The largest absolute Gasteiger partial charge is 0.508 e. The van der Waals surface area contributed by atoms with Crippen molar-refractivity contribution in [2.45, 2.75) is 49.9 Å². The Kier molecular flexibility index (Phi) is 11.9. The Balaban J connectivity index is 2.33. The molecule has 4 amide bonds. The quantitative estimate of drug-likeness (QED) is 0.116. The van der Waals surface area contributed by atoms with Gasteiger partial charge in [-0.05, 0) is 41.8 Å². The fourth-order valence-electron chi connectivity index (χ4n) is 3.60. The standard InChI is InChI=1S/C26H33N5O9/c27-18(13-32)23(36)30-20(11-14-1-5-16(33)6-2-14)25(38)31-21(12-15-3-7-17(34)8-4-15)24(37)29-19(26(39)40)9-10-22(28)35/h1-8,18-21,32-34H,9-13,27H2,(H2,28,35)(H,29,37)(H,30,36)(H,31,38)(H,39,40). The van der Waals surface area contributed by atoms with E-state index in [0.29, 0.717) is 11.1 Å². The van der Waals surface area contributed by atoms with E-state index in [9.17, 15) is 44.4 Å². The van der Waals surface area contributed by atoms with Crippen molar-refractivity contribution in [3.63, 3.8) is 0 Å². The van der Waals surface area contributed by atoms with Crippen molar-refractivity contribution in [1.29, 1.82) is 0 Å². The molecule has 0 aliphatic heterocycles. The smallest absolute Gasteiger partial charge is 0.326 e. The van der Waals surface area contributed by atoms with Gasteiger partial charge in [-0.25, -0.2) is 4.79 Å². The number of hydrogen-bond acceptors (Lipinski definition) is 9. The zero-order chi connectivity index (χ0) is 29.8. The molecule has 2 aromatic rings. The fourth-order valence-corrected chi connectivity index (χ4v) is 3.60. The maximum Gasteiger partial charge on any atom is 0.326 e. The normalized spacial score (nSPS) is 13.8. The third-order valence-electron chi connectivity index (χ3n) is 5.85. The van der Waals surface area contributed by atoms with E-state index in [0.717, 1.165) is 0 Å². The van der Waals surface area contributed by atoms with Gasteiger partial charge in [0.25, 0.3) is 0 Å². The van der Waals surface area contributed by atoms with Gasteiger partial charge in [-0.15, -0.1) is 0 Å². The van der Waals surface area contributed by atoms with Gasteiger partial charge in [-0.2, -0.15) is 0 Å². The maximum absolute atomic E-state index is 13.4. The summed E-state index contributed by atoms with van der Waals surface area (Å²) in [6.45, 7) is -0.687. The average molecular weight is 560 g/mol. The molecule has 2 rings (SSSR count). The molecule has 0 aliphatic carbocycles. The average Bonchev–Trinajstić information content (AvgIpc) is 2.91. The van der Waals surface area contributed by atoms with Gasteiger partial charge in [-0.1, -0.05) is 24.3 Å². The number of benzene rings is 2. The number of amides is 4. The molecule has 0 radical (unpaired) electrons. The summed E-state index contributed by atoms with van der Waals surface area (Å²) in [4.78, 5) is 61.7. The Morgan fingerprint density at radius 1 is 0.700 bits per heavy atom. The van der Waals surface area contributed by atoms with Gasteiger partial charge in [0.1, 0.15) is 35.7 Å². The number of aliphatic carboxylic acids is 1. The van der Waals surface area contributed by atoms with Crippen LogP contribution in [0.25, 0.3) is 0 Å². The van der Waals surface area contributed by atoms with Crippen LogP contribution in [0.3, 0.4) is 0 Å². The Hall–Kier alpha value is -4.69. The van der Waals surface area contributed by atoms with Crippen molar-refractivity contribution >= 4 is 29.6 Å². The van der Waals surface area contributed by atoms with Crippen molar-refractivity contribution in [2.24, 2.45) is 11.5 Å². The zero-order valence-electron chi connectivity index (χ0n) is 21.4. The Bertz CT molecular complexity index is 1190. The summed E-state index contributed by atoms with van der Waals surface area (Å²) in [5, 5.41) is 45.1. The zero-order valence-corrected chi connectivity index (χ0v) is 21.4. The lowest BCUT2D eigenvalue weighted by atomic mass is 10.0. The summed E-state index contributed by atoms with van der Waals surface area (Å²) in [5.74, 6) is -4.79. The number of aromatic hydroxyl groups is 2. The molecule has 4 atom stereocenters. The van der Waals surface area contributed by atoms with E-state index in [2.05, 4.69) is 16.0 Å². The summed E-state index contributed by atoms with van der Waals surface area (Å²) in [5.41, 5.74) is 11.7. The minimum atomic E-state index is -1.48. The third-order valence-corrected chi connectivity index (χ3v) is 5.85. The van der Waals surface area contributed by atoms with Crippen LogP contribution in [0.15, 0.2) is 48.5 Å². The van der Waals surface area contributed by atoms with Crippen LogP contribution in [0.4, 0.5) is 0 Å². The van der Waals surface area contributed by atoms with Gasteiger partial charge in [-0.3, -0.25) is 19.2 Å². The molecule has 0 spiro atoms. The predicted molar refractivity (Wildman–Crippen MR) is 141 cm³/mol. The summed E-state index contributed by atoms with van der Waals surface area (Å²) >= 11 is 0. The first-order valence-corrected chi connectivity index (χ1v) is 12.2. The molecule has 0 aromatic heterocycles. The van der Waals surface area contributed by atoms with E-state index in [-0.39, 0.29) is 37.2 Å². The van der Waals surface area contributed by atoms with E-state index in [1.807, 2.05) is 0 Å². The van der Waals surface area contributed by atoms with Crippen molar-refractivity contribution in [1.82, 2.24) is 16.0 Å². The highest BCUT2D eigenvalue weighted by molar-refractivity contribution is 5.94. The molecule has 0 saturated heterocycles. The van der Waals surface area contributed by atoms with Crippen molar-refractivity contribution in [2.75, 3.05) is 6.61 Å². The molecule has 2 aromatic carbocycles. The molecule has 0 bridgehead atoms. The highest BCUT2D eigenvalue weighted by Crippen LogP contribution is 2.14. The number of nitrogens with two attached hydrogens (primary N) is 2. The van der Waals surface area contributed by atoms with Gasteiger partial charge >= 0.3 is 5.97 Å². The minimum absolute atomic E-state index is 0.0222. The summed E-state index contributed by atoms with van der Waals surface area (Å²) in [7, 11) is 0. The van der Waals surface area contributed by atoms with Crippen LogP contribution in [0.1, 0.15) is 24.0 Å². The maximum atomic E-state index is 13.4. The summed E-state index contributed by atoms with van der Waals surface area (Å²) in [6.07, 6.45) is -0.803. The van der Waals surface area contributed by atoms with E-state index in [4.69, 9.17) is 11.5 Å². The van der Waals surface area contributed by atoms with E-state index >= 15 is 0 Å². The minimum Gasteiger partial charge on any atom is -0.508 e. The van der Waals surface area contributed by atoms with Gasteiger partial charge in [0.15, 0.2) is 0 Å². The molecule has 0 fully saturated rings. The number of phenols is 2. The van der Waals surface area contributed by atoms with Gasteiger partial charge in [0.2, 0.25) is 23.6 Å². The molecule has 14 nitrogen and oxygen atoms in total. The van der Waals surface area contributed by atoms with Crippen molar-refractivity contribution in [3.8, 4) is 11.5 Å². The Labute approximate surface area is 229 Å². The summed E-state index contributed by atoms with van der Waals surface area (Å²) < 4.78 is 0. The molecule has 216 valence electrons. The van der Waals surface area contributed by atoms with Gasteiger partial charge < -0.3 is 47.8 Å². The van der Waals surface area contributed by atoms with E-state index in [1.165, 1.54) is 48.5 Å². The second kappa shape index (κ2) is 15.0. The Morgan fingerprint density at radius 3 is 1.48 bits per heavy atom. The molecular weight excluding hydrogens is 526 g/mol. The monoisotopic (exact) mass is 559 g/mol. The number of hydrogen-bond donors (Lipinski definition) is 9. The first-order chi connectivity index (χ1) is 18.9. The van der Waals surface area contributed by atoms with Crippen LogP contribution in [0.2, 0.25) is 0 Å². The number of rotatable bonds is 15. The molecule has 0 aliphatic rings. The molecule has 0 heterocycles. The SMILES string of the molecule is NC(=O)CCC(NC(=O)C(Cc1ccc(O)cc1)NC(=O)C(Cc1ccc(O)cc1)NC(=O)C(N)CO)C(=O)O. The van der Waals surface area contributed by atoms with Gasteiger partial charge in [0, 0.05) is 19.3 Å². The summed E-state index contributed by atoms with van der Waals surface area (Å²) in [6, 6.07) is 6.09. The second-order valence-corrected chi connectivity index (χ2v) is 9.06. The number of carbonyl (C=O) groups is 5. The van der Waals surface area contributed by atoms with Crippen molar-refractivity contribution in [3.05, 3.63) is 59.7 Å². The van der Waals surface area contributed by atoms with E-state index in [1.54, 1.807) is 0 Å². The number of aliphatic hydroxyl groups is 1. The Morgan fingerprint density at radius 2 is 1.10 bits per heavy atom. The predicted octanol–water partition coefficient (Wildman–Crippen LogP) is -1.99. The number of phenolic OH excluding ortho intramolecular Hbond substituents is 2. The van der Waals surface area contributed by atoms with Crippen molar-refractivity contribution < 1.29 is 44.4 Å². The molecule has 0 saturated carbocycles. The second-order valence-electron chi connectivity index (χ2n) is 9.06. The lowest BCUT2D eigenvalue weighted by molar-refractivity contribution is -0.142. The number of aliphatic hydroxyl groups excluding tert-OH is 1. The van der Waals surface area contributed by atoms with Crippen LogP contribution >= 0.6 is 0 Å². The number of nitrogens with one attached hydrogen (secondary N) is 3. The molecular formula is C26H33N5O9. The number of primary amides is 1. The van der Waals surface area contributed by atoms with Crippen LogP contribution in [0, 0.1) is 0 Å². The van der Waals surface area contributed by atoms with Crippen LogP contribution in [-0.4, -0.2) is 80.8 Å².